The Hall–Kier alpha value is -1.99. The summed E-state index contributed by atoms with van der Waals surface area (Å²) in [4.78, 5) is 0. The first-order chi connectivity index (χ1) is 10.4. The normalized spacial score (nSPS) is 12.5. The molecule has 1 unspecified atom stereocenters. The number of hydrogen-bond donors (Lipinski definition) is 2. The number of nitrogens with one attached hydrogen (secondary N) is 1. The summed E-state index contributed by atoms with van der Waals surface area (Å²) in [6, 6.07) is 3.44. The van der Waals surface area contributed by atoms with Crippen LogP contribution in [0, 0.1) is 29.1 Å². The van der Waals surface area contributed by atoms with Crippen molar-refractivity contribution in [1.82, 2.24) is 5.32 Å². The minimum atomic E-state index is -1.60. The summed E-state index contributed by atoms with van der Waals surface area (Å²) < 4.78 is 65.4. The van der Waals surface area contributed by atoms with Crippen LogP contribution in [0.1, 0.15) is 17.2 Å². The summed E-state index contributed by atoms with van der Waals surface area (Å²) in [6.45, 7) is -0.594. The van der Waals surface area contributed by atoms with Crippen LogP contribution in [-0.2, 0) is 6.54 Å². The molecule has 2 nitrogen and oxygen atoms in total. The fourth-order valence-corrected chi connectivity index (χ4v) is 2.02. The van der Waals surface area contributed by atoms with E-state index in [9.17, 15) is 27.1 Å². The van der Waals surface area contributed by atoms with E-state index in [0.29, 0.717) is 6.07 Å². The monoisotopic (exact) mass is 317 g/mol. The standard InChI is InChI=1S/C15H12F5NO/c16-10-1-8(2-11(17)5-10)6-21-14(7-22)9-3-12(18)15(20)13(19)4-9/h1-5,14,21-22H,6-7H2. The van der Waals surface area contributed by atoms with E-state index in [1.165, 1.54) is 0 Å². The van der Waals surface area contributed by atoms with Crippen LogP contribution in [0.25, 0.3) is 0 Å². The first-order valence-corrected chi connectivity index (χ1v) is 6.34. The maximum Gasteiger partial charge on any atom is 0.194 e. The second-order valence-electron chi connectivity index (χ2n) is 4.69. The zero-order valence-corrected chi connectivity index (χ0v) is 11.2. The van der Waals surface area contributed by atoms with Crippen LogP contribution in [-0.4, -0.2) is 11.7 Å². The second-order valence-corrected chi connectivity index (χ2v) is 4.69. The lowest BCUT2D eigenvalue weighted by Gasteiger charge is -2.17. The maximum absolute atomic E-state index is 13.2. The molecule has 0 saturated carbocycles. The van der Waals surface area contributed by atoms with Crippen molar-refractivity contribution in [2.75, 3.05) is 6.61 Å². The van der Waals surface area contributed by atoms with Gasteiger partial charge in [0.1, 0.15) is 11.6 Å². The fraction of sp³-hybridized carbons (Fsp3) is 0.200. The number of aliphatic hydroxyl groups is 1. The Morgan fingerprint density at radius 1 is 0.864 bits per heavy atom. The van der Waals surface area contributed by atoms with E-state index in [1.54, 1.807) is 0 Å². The fourth-order valence-electron chi connectivity index (χ4n) is 2.02. The molecule has 22 heavy (non-hydrogen) atoms. The minimum Gasteiger partial charge on any atom is -0.394 e. The topological polar surface area (TPSA) is 32.3 Å². The number of rotatable bonds is 5. The molecule has 2 rings (SSSR count). The molecule has 2 N–H and O–H groups in total. The third-order valence-corrected chi connectivity index (χ3v) is 3.07. The van der Waals surface area contributed by atoms with E-state index >= 15 is 0 Å². The Bertz CT molecular complexity index is 634. The van der Waals surface area contributed by atoms with Crippen LogP contribution in [0.15, 0.2) is 30.3 Å². The average Bonchev–Trinajstić information content (AvgIpc) is 2.44. The Balaban J connectivity index is 2.15. The zero-order chi connectivity index (χ0) is 16.3. The molecule has 0 aliphatic rings. The van der Waals surface area contributed by atoms with Crippen molar-refractivity contribution in [2.24, 2.45) is 0 Å². The quantitative estimate of drug-likeness (QED) is 0.656. The smallest absolute Gasteiger partial charge is 0.194 e. The number of halogens is 5. The van der Waals surface area contributed by atoms with E-state index in [-0.39, 0.29) is 17.7 Å². The molecule has 2 aromatic rings. The number of hydrogen-bond acceptors (Lipinski definition) is 2. The van der Waals surface area contributed by atoms with Gasteiger partial charge in [-0.25, -0.2) is 22.0 Å². The predicted molar refractivity (Wildman–Crippen MR) is 69.3 cm³/mol. The van der Waals surface area contributed by atoms with E-state index in [2.05, 4.69) is 5.32 Å². The van der Waals surface area contributed by atoms with Crippen molar-refractivity contribution in [3.8, 4) is 0 Å². The molecule has 0 aliphatic heterocycles. The summed E-state index contributed by atoms with van der Waals surface area (Å²) in [5.41, 5.74) is 0.231. The van der Waals surface area contributed by atoms with Gasteiger partial charge in [-0.3, -0.25) is 0 Å². The highest BCUT2D eigenvalue weighted by molar-refractivity contribution is 5.24. The molecule has 1 atom stereocenters. The van der Waals surface area contributed by atoms with E-state index in [4.69, 9.17) is 0 Å². The van der Waals surface area contributed by atoms with Gasteiger partial charge in [0, 0.05) is 12.6 Å². The molecule has 0 aromatic heterocycles. The van der Waals surface area contributed by atoms with Crippen LogP contribution in [0.3, 0.4) is 0 Å². The Labute approximate surface area is 123 Å². The number of aliphatic hydroxyl groups excluding tert-OH is 1. The lowest BCUT2D eigenvalue weighted by atomic mass is 10.1. The Kier molecular flexibility index (Phi) is 5.10. The lowest BCUT2D eigenvalue weighted by Crippen LogP contribution is -2.24. The molecule has 0 saturated heterocycles. The Morgan fingerprint density at radius 3 is 1.91 bits per heavy atom. The van der Waals surface area contributed by atoms with Gasteiger partial charge in [0.05, 0.1) is 12.6 Å². The van der Waals surface area contributed by atoms with E-state index < -0.39 is 41.7 Å². The summed E-state index contributed by atoms with van der Waals surface area (Å²) >= 11 is 0. The molecule has 0 fully saturated rings. The maximum atomic E-state index is 13.2. The van der Waals surface area contributed by atoms with Gasteiger partial charge in [0.15, 0.2) is 17.5 Å². The van der Waals surface area contributed by atoms with Gasteiger partial charge in [-0.2, -0.15) is 0 Å². The van der Waals surface area contributed by atoms with E-state index in [0.717, 1.165) is 24.3 Å². The highest BCUT2D eigenvalue weighted by atomic mass is 19.2. The highest BCUT2D eigenvalue weighted by Crippen LogP contribution is 2.20. The summed E-state index contributed by atoms with van der Waals surface area (Å²) in [5.74, 6) is -5.90. The minimum absolute atomic E-state index is 0.0178. The van der Waals surface area contributed by atoms with Gasteiger partial charge in [0.2, 0.25) is 0 Å². The van der Waals surface area contributed by atoms with Crippen LogP contribution in [0.2, 0.25) is 0 Å². The SMILES string of the molecule is OCC(NCc1cc(F)cc(F)c1)c1cc(F)c(F)c(F)c1. The van der Waals surface area contributed by atoms with Crippen molar-refractivity contribution in [2.45, 2.75) is 12.6 Å². The van der Waals surface area contributed by atoms with Crippen LogP contribution < -0.4 is 5.32 Å². The van der Waals surface area contributed by atoms with Crippen molar-refractivity contribution in [1.29, 1.82) is 0 Å². The third kappa shape index (κ3) is 3.80. The van der Waals surface area contributed by atoms with Crippen LogP contribution >= 0.6 is 0 Å². The van der Waals surface area contributed by atoms with Gasteiger partial charge in [-0.05, 0) is 35.4 Å². The molecular formula is C15H12F5NO. The van der Waals surface area contributed by atoms with Crippen LogP contribution in [0.4, 0.5) is 22.0 Å². The first kappa shape index (κ1) is 16.4. The second kappa shape index (κ2) is 6.85. The van der Waals surface area contributed by atoms with Gasteiger partial charge >= 0.3 is 0 Å². The molecule has 2 aromatic carbocycles. The molecule has 0 bridgehead atoms. The van der Waals surface area contributed by atoms with Gasteiger partial charge in [-0.15, -0.1) is 0 Å². The third-order valence-electron chi connectivity index (χ3n) is 3.07. The van der Waals surface area contributed by atoms with E-state index in [1.807, 2.05) is 0 Å². The molecule has 0 radical (unpaired) electrons. The molecule has 0 amide bonds. The van der Waals surface area contributed by atoms with Crippen molar-refractivity contribution in [3.05, 3.63) is 70.5 Å². The van der Waals surface area contributed by atoms with Crippen molar-refractivity contribution in [3.63, 3.8) is 0 Å². The lowest BCUT2D eigenvalue weighted by molar-refractivity contribution is 0.242. The zero-order valence-electron chi connectivity index (χ0n) is 11.2. The summed E-state index contributed by atoms with van der Waals surface area (Å²) in [5, 5.41) is 12.0. The largest absolute Gasteiger partial charge is 0.394 e. The number of benzene rings is 2. The average molecular weight is 317 g/mol. The van der Waals surface area contributed by atoms with Crippen molar-refractivity contribution < 1.29 is 27.1 Å². The molecule has 0 spiro atoms. The molecule has 0 heterocycles. The molecule has 118 valence electrons. The highest BCUT2D eigenvalue weighted by Gasteiger charge is 2.17. The van der Waals surface area contributed by atoms with Gasteiger partial charge in [0.25, 0.3) is 0 Å². The van der Waals surface area contributed by atoms with Gasteiger partial charge in [-0.1, -0.05) is 0 Å². The van der Waals surface area contributed by atoms with Crippen LogP contribution in [0.5, 0.6) is 0 Å². The summed E-state index contributed by atoms with van der Waals surface area (Å²) in [6.07, 6.45) is 0. The molecular weight excluding hydrogens is 305 g/mol. The molecule has 0 aliphatic carbocycles. The summed E-state index contributed by atoms with van der Waals surface area (Å²) in [7, 11) is 0. The Morgan fingerprint density at radius 2 is 1.41 bits per heavy atom. The van der Waals surface area contributed by atoms with Gasteiger partial charge < -0.3 is 10.4 Å². The van der Waals surface area contributed by atoms with Crippen molar-refractivity contribution >= 4 is 0 Å². The first-order valence-electron chi connectivity index (χ1n) is 6.34. The predicted octanol–water partition coefficient (Wildman–Crippen LogP) is 3.21. The molecule has 7 heteroatoms.